The monoisotopic (exact) mass is 335 g/mol. The van der Waals surface area contributed by atoms with Gasteiger partial charge in [-0.2, -0.15) is 0 Å². The van der Waals surface area contributed by atoms with Crippen LogP contribution in [0.5, 0.6) is 0 Å². The zero-order valence-electron chi connectivity index (χ0n) is 13.0. The van der Waals surface area contributed by atoms with Crippen LogP contribution >= 0.6 is 11.3 Å². The number of likely N-dealkylation sites (tertiary alicyclic amines) is 1. The number of hydrogen-bond acceptors (Lipinski definition) is 6. The third kappa shape index (κ3) is 5.38. The molecule has 0 aromatic carbocycles. The molecule has 0 radical (unpaired) electrons. The summed E-state index contributed by atoms with van der Waals surface area (Å²) in [5.74, 6) is 0.303. The second-order valence-corrected chi connectivity index (χ2v) is 6.61. The highest BCUT2D eigenvalue weighted by atomic mass is 32.1. The fraction of sp³-hybridized carbons (Fsp3) is 0.438. The SMILES string of the molecule is Cc1nc(CN2C[C@@H](Cc3ccncc3)[C@H](O)C2)cs1.O=CO. The minimum absolute atomic E-state index is 0.247. The van der Waals surface area contributed by atoms with Crippen LogP contribution in [-0.2, 0) is 17.8 Å². The van der Waals surface area contributed by atoms with Crippen molar-refractivity contribution >= 4 is 17.8 Å². The Bertz CT molecular complexity index is 606. The number of rotatable bonds is 4. The topological polar surface area (TPSA) is 86.5 Å². The van der Waals surface area contributed by atoms with E-state index >= 15 is 0 Å². The average Bonchev–Trinajstić information content (AvgIpc) is 3.08. The zero-order valence-corrected chi connectivity index (χ0v) is 13.8. The Hall–Kier alpha value is -1.83. The number of hydrogen-bond donors (Lipinski definition) is 2. The van der Waals surface area contributed by atoms with Gasteiger partial charge in [-0.15, -0.1) is 11.3 Å². The van der Waals surface area contributed by atoms with Crippen LogP contribution in [0.15, 0.2) is 29.9 Å². The summed E-state index contributed by atoms with van der Waals surface area (Å²) in [6.07, 6.45) is 4.29. The number of carboxylic acid groups (broad SMARTS) is 1. The predicted molar refractivity (Wildman–Crippen MR) is 88.3 cm³/mol. The summed E-state index contributed by atoms with van der Waals surface area (Å²) >= 11 is 1.68. The van der Waals surface area contributed by atoms with E-state index in [9.17, 15) is 5.11 Å². The Kier molecular flexibility index (Phi) is 6.64. The first-order valence-corrected chi connectivity index (χ1v) is 8.28. The lowest BCUT2D eigenvalue weighted by Gasteiger charge is -2.14. The molecule has 2 aromatic rings. The van der Waals surface area contributed by atoms with Crippen molar-refractivity contribution in [1.82, 2.24) is 14.9 Å². The van der Waals surface area contributed by atoms with Gasteiger partial charge in [0.25, 0.3) is 6.47 Å². The fourth-order valence-corrected chi connectivity index (χ4v) is 3.41. The van der Waals surface area contributed by atoms with E-state index in [-0.39, 0.29) is 12.6 Å². The molecule has 6 nitrogen and oxygen atoms in total. The van der Waals surface area contributed by atoms with Gasteiger partial charge in [-0.25, -0.2) is 4.98 Å². The maximum atomic E-state index is 10.2. The summed E-state index contributed by atoms with van der Waals surface area (Å²) in [7, 11) is 0. The van der Waals surface area contributed by atoms with Gasteiger partial charge in [-0.1, -0.05) is 0 Å². The summed E-state index contributed by atoms with van der Waals surface area (Å²) < 4.78 is 0. The van der Waals surface area contributed by atoms with E-state index in [2.05, 4.69) is 20.2 Å². The second-order valence-electron chi connectivity index (χ2n) is 5.54. The van der Waals surface area contributed by atoms with Gasteiger partial charge in [0.2, 0.25) is 0 Å². The molecule has 0 saturated carbocycles. The fourth-order valence-electron chi connectivity index (χ4n) is 2.80. The van der Waals surface area contributed by atoms with Gasteiger partial charge in [0.05, 0.1) is 16.8 Å². The Morgan fingerprint density at radius 2 is 2.09 bits per heavy atom. The van der Waals surface area contributed by atoms with Gasteiger partial charge in [-0.05, 0) is 31.0 Å². The molecule has 3 rings (SSSR count). The van der Waals surface area contributed by atoms with Crippen LogP contribution < -0.4 is 0 Å². The van der Waals surface area contributed by atoms with Crippen LogP contribution in [0.25, 0.3) is 0 Å². The van der Waals surface area contributed by atoms with Crippen molar-refractivity contribution in [2.24, 2.45) is 5.92 Å². The molecule has 124 valence electrons. The molecule has 1 aliphatic heterocycles. The Morgan fingerprint density at radius 1 is 1.39 bits per heavy atom. The first kappa shape index (κ1) is 17.5. The lowest BCUT2D eigenvalue weighted by molar-refractivity contribution is -0.122. The Balaban J connectivity index is 0.000000595. The van der Waals surface area contributed by atoms with Gasteiger partial charge in [0, 0.05) is 43.3 Å². The summed E-state index contributed by atoms with van der Waals surface area (Å²) in [5.41, 5.74) is 2.36. The largest absolute Gasteiger partial charge is 0.483 e. The number of nitrogens with zero attached hydrogens (tertiary/aromatic N) is 3. The van der Waals surface area contributed by atoms with Crippen LogP contribution in [0.3, 0.4) is 0 Å². The predicted octanol–water partition coefficient (Wildman–Crippen LogP) is 1.58. The molecular weight excluding hydrogens is 314 g/mol. The van der Waals surface area contributed by atoms with E-state index in [1.165, 1.54) is 5.56 Å². The maximum absolute atomic E-state index is 10.2. The number of aliphatic hydroxyl groups excluding tert-OH is 1. The molecule has 1 fully saturated rings. The van der Waals surface area contributed by atoms with Crippen LogP contribution in [-0.4, -0.2) is 50.7 Å². The van der Waals surface area contributed by atoms with E-state index in [0.717, 1.165) is 36.8 Å². The molecule has 1 aliphatic rings. The third-order valence-electron chi connectivity index (χ3n) is 3.78. The van der Waals surface area contributed by atoms with Crippen molar-refractivity contribution in [3.8, 4) is 0 Å². The molecule has 2 aromatic heterocycles. The third-order valence-corrected chi connectivity index (χ3v) is 4.60. The molecule has 23 heavy (non-hydrogen) atoms. The minimum atomic E-state index is -0.250. The van der Waals surface area contributed by atoms with Crippen molar-refractivity contribution in [1.29, 1.82) is 0 Å². The second kappa shape index (κ2) is 8.71. The van der Waals surface area contributed by atoms with Gasteiger partial charge in [0.15, 0.2) is 0 Å². The molecule has 2 atom stereocenters. The number of aliphatic hydroxyl groups is 1. The van der Waals surface area contributed by atoms with Crippen molar-refractivity contribution in [3.63, 3.8) is 0 Å². The lowest BCUT2D eigenvalue weighted by atomic mass is 9.97. The Labute approximate surface area is 139 Å². The first-order chi connectivity index (χ1) is 11.1. The molecule has 7 heteroatoms. The summed E-state index contributed by atoms with van der Waals surface area (Å²) in [4.78, 5) is 19.2. The van der Waals surface area contributed by atoms with E-state index in [0.29, 0.717) is 5.92 Å². The minimum Gasteiger partial charge on any atom is -0.483 e. The molecule has 2 N–H and O–H groups in total. The maximum Gasteiger partial charge on any atom is 0.290 e. The molecule has 0 amide bonds. The van der Waals surface area contributed by atoms with Gasteiger partial charge in [-0.3, -0.25) is 14.7 Å². The van der Waals surface area contributed by atoms with Crippen LogP contribution in [0.4, 0.5) is 0 Å². The van der Waals surface area contributed by atoms with Gasteiger partial charge < -0.3 is 10.2 Å². The van der Waals surface area contributed by atoms with Crippen LogP contribution in [0.1, 0.15) is 16.3 Å². The normalized spacial score (nSPS) is 20.8. The van der Waals surface area contributed by atoms with Crippen molar-refractivity contribution in [2.75, 3.05) is 13.1 Å². The van der Waals surface area contributed by atoms with Crippen LogP contribution in [0.2, 0.25) is 0 Å². The van der Waals surface area contributed by atoms with E-state index in [4.69, 9.17) is 9.90 Å². The van der Waals surface area contributed by atoms with E-state index < -0.39 is 0 Å². The number of β-amino-alcohol motifs (C(OH)–C–C–N with tert-alkyl or cyclic N) is 1. The van der Waals surface area contributed by atoms with Crippen molar-refractivity contribution in [3.05, 3.63) is 46.2 Å². The van der Waals surface area contributed by atoms with Gasteiger partial charge >= 0.3 is 0 Å². The molecule has 3 heterocycles. The number of pyridine rings is 1. The number of carbonyl (C=O) groups is 1. The first-order valence-electron chi connectivity index (χ1n) is 7.40. The highest BCUT2D eigenvalue weighted by Gasteiger charge is 2.31. The zero-order chi connectivity index (χ0) is 16.7. The summed E-state index contributed by atoms with van der Waals surface area (Å²) in [5, 5.41) is 20.3. The summed E-state index contributed by atoms with van der Waals surface area (Å²) in [6.45, 7) is 4.29. The van der Waals surface area contributed by atoms with Gasteiger partial charge in [0.1, 0.15) is 0 Å². The molecule has 0 aliphatic carbocycles. The number of aromatic nitrogens is 2. The average molecular weight is 335 g/mol. The van der Waals surface area contributed by atoms with Crippen molar-refractivity contribution < 1.29 is 15.0 Å². The smallest absolute Gasteiger partial charge is 0.290 e. The van der Waals surface area contributed by atoms with Crippen LogP contribution in [0, 0.1) is 12.8 Å². The number of aryl methyl sites for hydroxylation is 1. The standard InChI is InChI=1S/C15H19N3OS.CH2O2/c1-11-17-14(10-20-11)8-18-7-13(15(19)9-18)6-12-2-4-16-5-3-12;2-1-3/h2-5,10,13,15,19H,6-9H2,1H3;1H,(H,2,3)/t13-,15-;/m1./s1. The summed E-state index contributed by atoms with van der Waals surface area (Å²) in [6, 6.07) is 4.05. The number of thiazole rings is 1. The molecule has 0 spiro atoms. The van der Waals surface area contributed by atoms with E-state index in [1.54, 1.807) is 11.3 Å². The lowest BCUT2D eigenvalue weighted by Crippen LogP contribution is -2.21. The molecular formula is C16H21N3O3S. The highest BCUT2D eigenvalue weighted by Crippen LogP contribution is 2.23. The van der Waals surface area contributed by atoms with Crippen molar-refractivity contribution in [2.45, 2.75) is 26.0 Å². The van der Waals surface area contributed by atoms with E-state index in [1.807, 2.05) is 31.5 Å². The molecule has 0 unspecified atom stereocenters. The Morgan fingerprint density at radius 3 is 2.70 bits per heavy atom. The highest BCUT2D eigenvalue weighted by molar-refractivity contribution is 7.09. The molecule has 1 saturated heterocycles. The molecule has 0 bridgehead atoms. The quantitative estimate of drug-likeness (QED) is 0.825.